The van der Waals surface area contributed by atoms with Crippen LogP contribution in [-0.2, 0) is 0 Å². The van der Waals surface area contributed by atoms with Crippen LogP contribution in [0, 0.1) is 0 Å². The lowest BCUT2D eigenvalue weighted by molar-refractivity contribution is -0.162. The van der Waals surface area contributed by atoms with Crippen LogP contribution in [0.2, 0.25) is 78.6 Å². The highest BCUT2D eigenvalue weighted by Crippen LogP contribution is 2.73. The van der Waals surface area contributed by atoms with Crippen LogP contribution in [0.1, 0.15) is 12.8 Å². The molecule has 1 aliphatic rings. The van der Waals surface area contributed by atoms with Gasteiger partial charge in [-0.05, 0) is 12.8 Å². The minimum atomic E-state index is -1.50. The van der Waals surface area contributed by atoms with E-state index >= 15 is 0 Å². The van der Waals surface area contributed by atoms with Crippen LogP contribution >= 0.6 is 8.15 Å². The van der Waals surface area contributed by atoms with E-state index in [0.29, 0.717) is 0 Å². The van der Waals surface area contributed by atoms with E-state index in [4.69, 9.17) is 0 Å². The molecule has 0 aliphatic carbocycles. The fourth-order valence-electron chi connectivity index (χ4n) is 5.86. The Bertz CT molecular complexity index is 355. The molecule has 1 saturated heterocycles. The third-order valence-corrected chi connectivity index (χ3v) is 38.8. The standard InChI is InChI=1S/C16H40OPSi4/c1-19(2,3)15(20(4,5)6)13-14-16(18(15)17,21(7,8)9)22(10,11)12/h13-14H2,1-12H3. The molecule has 6 heteroatoms. The van der Waals surface area contributed by atoms with Gasteiger partial charge >= 0.3 is 0 Å². The molecule has 1 rings (SSSR count). The Kier molecular flexibility index (Phi) is 5.45. The first-order valence-electron chi connectivity index (χ1n) is 8.84. The predicted octanol–water partition coefficient (Wildman–Crippen LogP) is 5.52. The summed E-state index contributed by atoms with van der Waals surface area (Å²) in [4.78, 5) is 14.4. The van der Waals surface area contributed by atoms with Gasteiger partial charge in [0, 0.05) is 0 Å². The van der Waals surface area contributed by atoms with Crippen molar-refractivity contribution in [3.05, 3.63) is 0 Å². The van der Waals surface area contributed by atoms with Crippen LogP contribution < -0.4 is 4.89 Å². The Hall–Kier alpha value is 1.26. The van der Waals surface area contributed by atoms with Crippen molar-refractivity contribution in [2.45, 2.75) is 100 Å². The molecule has 0 aromatic rings. The first-order valence-corrected chi connectivity index (χ1v) is 24.1. The van der Waals surface area contributed by atoms with Gasteiger partial charge in [0.2, 0.25) is 0 Å². The maximum Gasteiger partial charge on any atom is 0.0960 e. The maximum atomic E-state index is 14.4. The summed E-state index contributed by atoms with van der Waals surface area (Å²) >= 11 is 0. The van der Waals surface area contributed by atoms with Crippen molar-refractivity contribution in [2.24, 2.45) is 0 Å². The molecule has 1 heterocycles. The van der Waals surface area contributed by atoms with Gasteiger partial charge in [0.1, 0.15) is 0 Å². The Balaban J connectivity index is 3.68. The molecule has 1 nitrogen and oxygen atoms in total. The third kappa shape index (κ3) is 2.76. The van der Waals surface area contributed by atoms with Crippen LogP contribution in [0.25, 0.3) is 0 Å². The second kappa shape index (κ2) is 5.63. The molecule has 0 atom stereocenters. The Morgan fingerprint density at radius 2 is 0.727 bits per heavy atom. The highest BCUT2D eigenvalue weighted by molar-refractivity contribution is 7.68. The lowest BCUT2D eigenvalue weighted by Gasteiger charge is -2.55. The minimum Gasteiger partial charge on any atom is -0.651 e. The number of rotatable bonds is 4. The summed E-state index contributed by atoms with van der Waals surface area (Å²) in [5, 5.41) is 0. The van der Waals surface area contributed by atoms with Crippen molar-refractivity contribution in [1.82, 2.24) is 0 Å². The van der Waals surface area contributed by atoms with Gasteiger partial charge in [0.15, 0.2) is 0 Å². The molecule has 1 radical (unpaired) electrons. The molecule has 0 saturated carbocycles. The summed E-state index contributed by atoms with van der Waals surface area (Å²) in [5.41, 5.74) is 0. The van der Waals surface area contributed by atoms with Gasteiger partial charge in [-0.15, -0.1) is 0 Å². The fourth-order valence-corrected chi connectivity index (χ4v) is 42.0. The van der Waals surface area contributed by atoms with E-state index in [0.717, 1.165) is 0 Å². The van der Waals surface area contributed by atoms with E-state index < -0.39 is 40.4 Å². The monoisotopic (exact) mass is 391 g/mol. The molecular weight excluding hydrogens is 351 g/mol. The van der Waals surface area contributed by atoms with E-state index in [-0.39, 0.29) is 8.81 Å². The summed E-state index contributed by atoms with van der Waals surface area (Å²) in [6.45, 7) is 30.0. The SMILES string of the molecule is C[Si](C)(C)C1([Si](C)(C)C)CCC([Si](C)(C)C)([Si](C)(C)C)[P+]1[O-]. The predicted molar refractivity (Wildman–Crippen MR) is 115 cm³/mol. The van der Waals surface area contributed by atoms with Crippen molar-refractivity contribution in [1.29, 1.82) is 0 Å². The smallest absolute Gasteiger partial charge is 0.0960 e. The number of hydrogen-bond acceptors (Lipinski definition) is 1. The molecule has 0 unspecified atom stereocenters. The number of hydrogen-bond donors (Lipinski definition) is 0. The lowest BCUT2D eigenvalue weighted by Crippen LogP contribution is -2.70. The van der Waals surface area contributed by atoms with Crippen LogP contribution in [0.3, 0.4) is 0 Å². The third-order valence-electron chi connectivity index (χ3n) is 6.50. The first kappa shape index (κ1) is 21.3. The second-order valence-electron chi connectivity index (χ2n) is 11.5. The van der Waals surface area contributed by atoms with Gasteiger partial charge in [-0.1, -0.05) is 78.6 Å². The Morgan fingerprint density at radius 1 is 0.545 bits per heavy atom. The van der Waals surface area contributed by atoms with Gasteiger partial charge in [-0.25, -0.2) is 0 Å². The van der Waals surface area contributed by atoms with Gasteiger partial charge < -0.3 is 4.89 Å². The van der Waals surface area contributed by atoms with E-state index in [9.17, 15) is 4.89 Å². The molecule has 0 aromatic carbocycles. The van der Waals surface area contributed by atoms with Crippen molar-refractivity contribution in [3.8, 4) is 0 Å². The molecule has 0 aromatic heterocycles. The largest absolute Gasteiger partial charge is 0.651 e. The van der Waals surface area contributed by atoms with Gasteiger partial charge in [0.05, 0.1) is 49.2 Å². The van der Waals surface area contributed by atoms with Crippen molar-refractivity contribution < 1.29 is 4.89 Å². The van der Waals surface area contributed by atoms with E-state index in [2.05, 4.69) is 78.6 Å². The van der Waals surface area contributed by atoms with Gasteiger partial charge in [-0.2, -0.15) is 0 Å². The van der Waals surface area contributed by atoms with Crippen LogP contribution in [0.15, 0.2) is 0 Å². The highest BCUT2D eigenvalue weighted by Gasteiger charge is 2.76. The second-order valence-corrected chi connectivity index (χ2v) is 37.7. The molecule has 0 spiro atoms. The van der Waals surface area contributed by atoms with E-state index in [1.807, 2.05) is 0 Å². The molecule has 0 N–H and O–H groups in total. The zero-order valence-corrected chi connectivity index (χ0v) is 22.2. The maximum absolute atomic E-state index is 14.4. The van der Waals surface area contributed by atoms with Crippen LogP contribution in [0.4, 0.5) is 0 Å². The van der Waals surface area contributed by atoms with E-state index in [1.165, 1.54) is 12.8 Å². The average Bonchev–Trinajstić information content (AvgIpc) is 2.49. The van der Waals surface area contributed by atoms with E-state index in [1.54, 1.807) is 0 Å². The summed E-state index contributed by atoms with van der Waals surface area (Å²) in [5.74, 6) is 0. The summed E-state index contributed by atoms with van der Waals surface area (Å²) in [7, 11) is -7.10. The molecule has 0 bridgehead atoms. The van der Waals surface area contributed by atoms with Crippen molar-refractivity contribution in [3.63, 3.8) is 0 Å². The zero-order chi connectivity index (χ0) is 18.0. The van der Waals surface area contributed by atoms with Crippen molar-refractivity contribution in [2.75, 3.05) is 0 Å². The average molecular weight is 392 g/mol. The summed E-state index contributed by atoms with van der Waals surface area (Å²) in [6.07, 6.45) is 2.53. The van der Waals surface area contributed by atoms with Crippen LogP contribution in [-0.4, -0.2) is 41.1 Å². The van der Waals surface area contributed by atoms with Crippen molar-refractivity contribution >= 4 is 40.4 Å². The van der Waals surface area contributed by atoms with Gasteiger partial charge in [-0.3, -0.25) is 0 Å². The summed E-state index contributed by atoms with van der Waals surface area (Å²) < 4.78 is 0.464. The molecular formula is C16H40OPSi4. The zero-order valence-electron chi connectivity index (χ0n) is 17.3. The molecule has 1 aliphatic heterocycles. The Labute approximate surface area is 145 Å². The summed E-state index contributed by atoms with van der Waals surface area (Å²) in [6, 6.07) is 0. The quantitative estimate of drug-likeness (QED) is 0.457. The fraction of sp³-hybridized carbons (Fsp3) is 1.00. The molecule has 22 heavy (non-hydrogen) atoms. The lowest BCUT2D eigenvalue weighted by atomic mass is 10.4. The topological polar surface area (TPSA) is 23.1 Å². The molecule has 0 amide bonds. The Morgan fingerprint density at radius 3 is 0.818 bits per heavy atom. The molecule has 1 fully saturated rings. The molecule has 131 valence electrons. The highest BCUT2D eigenvalue weighted by atomic mass is 31.1. The van der Waals surface area contributed by atoms with Crippen LogP contribution in [0.5, 0.6) is 0 Å². The van der Waals surface area contributed by atoms with Gasteiger partial charge in [0.25, 0.3) is 0 Å². The normalized spacial score (nSPS) is 23.9. The minimum absolute atomic E-state index is 0.232. The first-order chi connectivity index (χ1) is 9.36.